The van der Waals surface area contributed by atoms with Gasteiger partial charge in [0, 0.05) is 22.0 Å². The van der Waals surface area contributed by atoms with Crippen molar-refractivity contribution in [2.24, 2.45) is 9.98 Å². The molecule has 0 radical (unpaired) electrons. The van der Waals surface area contributed by atoms with E-state index in [0.717, 1.165) is 28.4 Å². The average molecular weight is 660 g/mol. The van der Waals surface area contributed by atoms with E-state index >= 15 is 0 Å². The summed E-state index contributed by atoms with van der Waals surface area (Å²) in [5, 5.41) is 3.61. The number of nitrogens with one attached hydrogen (secondary N) is 1. The van der Waals surface area contributed by atoms with E-state index in [0.29, 0.717) is 0 Å². The fraction of sp³-hybridized carbons (Fsp3) is 0.208. The minimum absolute atomic E-state index is 0.0414. The molecule has 0 saturated heterocycles. The van der Waals surface area contributed by atoms with Crippen LogP contribution in [0.1, 0.15) is 91.1 Å². The molecule has 3 aliphatic carbocycles. The molecule has 1 fully saturated rings. The summed E-state index contributed by atoms with van der Waals surface area (Å²) in [5.41, 5.74) is 17.2. The van der Waals surface area contributed by atoms with Gasteiger partial charge in [0.15, 0.2) is 6.17 Å². The molecule has 1 saturated carbocycles. The van der Waals surface area contributed by atoms with Gasteiger partial charge in [-0.05, 0) is 92.2 Å². The number of rotatable bonds is 4. The summed E-state index contributed by atoms with van der Waals surface area (Å²) in [6, 6.07) is 51.1. The largest absolute Gasteiger partial charge is 0.324 e. The number of nitrogens with zero attached hydrogens (tertiary/aromatic N) is 2. The van der Waals surface area contributed by atoms with Gasteiger partial charge in [-0.25, -0.2) is 9.98 Å². The summed E-state index contributed by atoms with van der Waals surface area (Å²) >= 11 is 0. The van der Waals surface area contributed by atoms with Crippen LogP contribution in [0.2, 0.25) is 0 Å². The van der Waals surface area contributed by atoms with E-state index in [1.54, 1.807) is 0 Å². The highest BCUT2D eigenvalue weighted by atomic mass is 15.2. The van der Waals surface area contributed by atoms with Crippen molar-refractivity contribution in [2.75, 3.05) is 0 Å². The molecule has 3 heteroatoms. The Morgan fingerprint density at radius 3 is 1.75 bits per heavy atom. The minimum Gasteiger partial charge on any atom is -0.324 e. The number of fused-ring (bicyclic) bond motifs is 8. The standard InChI is InChI=1S/C48H41N3/c1-47(2)40-19-11-10-18-36(40)38-30-43-39(29-42(38)47)37-28-35(24-25-41(37)48(43)26-12-5-13-27-48)46-50-44(33-16-8-4-9-17-33)49-45(51-46)34-22-20-32(21-23-34)31-14-6-3-7-15-31/h3-4,6-11,14-25,28-30,46H,5,12-13,26-27H2,1-2H3,(H,49,50,51). The molecule has 4 aliphatic rings. The first-order valence-electron chi connectivity index (χ1n) is 18.6. The van der Waals surface area contributed by atoms with Crippen LogP contribution in [0.5, 0.6) is 0 Å². The van der Waals surface area contributed by atoms with Crippen molar-refractivity contribution in [1.29, 1.82) is 0 Å². The quantitative estimate of drug-likeness (QED) is 0.201. The second-order valence-corrected chi connectivity index (χ2v) is 15.3. The molecule has 3 nitrogen and oxygen atoms in total. The molecule has 1 unspecified atom stereocenters. The van der Waals surface area contributed by atoms with Gasteiger partial charge in [-0.3, -0.25) is 0 Å². The van der Waals surface area contributed by atoms with Crippen LogP contribution in [-0.4, -0.2) is 11.7 Å². The number of amidine groups is 2. The maximum Gasteiger partial charge on any atom is 0.169 e. The topological polar surface area (TPSA) is 36.8 Å². The first-order valence-corrected chi connectivity index (χ1v) is 18.6. The van der Waals surface area contributed by atoms with E-state index in [9.17, 15) is 0 Å². The molecule has 10 rings (SSSR count). The highest BCUT2D eigenvalue weighted by Crippen LogP contribution is 2.60. The van der Waals surface area contributed by atoms with Gasteiger partial charge in [-0.1, -0.05) is 154 Å². The van der Waals surface area contributed by atoms with Crippen LogP contribution in [-0.2, 0) is 10.8 Å². The highest BCUT2D eigenvalue weighted by molar-refractivity contribution is 6.16. The van der Waals surface area contributed by atoms with Gasteiger partial charge in [0.05, 0.1) is 0 Å². The van der Waals surface area contributed by atoms with E-state index in [1.165, 1.54) is 87.7 Å². The third-order valence-corrected chi connectivity index (χ3v) is 12.1. The Balaban J connectivity index is 1.11. The summed E-state index contributed by atoms with van der Waals surface area (Å²) in [6.07, 6.45) is 5.92. The third-order valence-electron chi connectivity index (χ3n) is 12.1. The normalized spacial score (nSPS) is 18.9. The Morgan fingerprint density at radius 2 is 1.02 bits per heavy atom. The maximum atomic E-state index is 5.31. The highest BCUT2D eigenvalue weighted by Gasteiger charge is 2.46. The zero-order valence-electron chi connectivity index (χ0n) is 29.3. The summed E-state index contributed by atoms with van der Waals surface area (Å²) in [6.45, 7) is 4.79. The van der Waals surface area contributed by atoms with Gasteiger partial charge >= 0.3 is 0 Å². The molecule has 1 N–H and O–H groups in total. The predicted molar refractivity (Wildman–Crippen MR) is 211 cm³/mol. The lowest BCUT2D eigenvalue weighted by Gasteiger charge is -2.36. The van der Waals surface area contributed by atoms with E-state index in [1.807, 2.05) is 0 Å². The van der Waals surface area contributed by atoms with E-state index in [-0.39, 0.29) is 17.0 Å². The Kier molecular flexibility index (Phi) is 6.83. The Bertz CT molecular complexity index is 2380. The molecule has 1 aliphatic heterocycles. The molecule has 248 valence electrons. The number of benzene rings is 6. The number of hydrogen-bond donors (Lipinski definition) is 1. The fourth-order valence-electron chi connectivity index (χ4n) is 9.51. The molecule has 1 spiro atoms. The second-order valence-electron chi connectivity index (χ2n) is 15.3. The summed E-state index contributed by atoms with van der Waals surface area (Å²) in [4.78, 5) is 10.6. The van der Waals surface area contributed by atoms with Crippen LogP contribution in [0.25, 0.3) is 33.4 Å². The van der Waals surface area contributed by atoms with Gasteiger partial charge in [0.2, 0.25) is 0 Å². The van der Waals surface area contributed by atoms with Crippen LogP contribution in [0.15, 0.2) is 150 Å². The Hall–Kier alpha value is -5.54. The monoisotopic (exact) mass is 659 g/mol. The average Bonchev–Trinajstić information content (AvgIpc) is 3.58. The van der Waals surface area contributed by atoms with Crippen molar-refractivity contribution < 1.29 is 0 Å². The molecule has 0 amide bonds. The van der Waals surface area contributed by atoms with Crippen molar-refractivity contribution >= 4 is 11.7 Å². The van der Waals surface area contributed by atoms with Crippen LogP contribution in [0, 0.1) is 0 Å². The van der Waals surface area contributed by atoms with Gasteiger partial charge < -0.3 is 5.32 Å². The van der Waals surface area contributed by atoms with E-state index < -0.39 is 0 Å². The SMILES string of the molecule is CC1(C)c2ccccc2-c2cc3c(cc21)-c1cc(C2N=C(c4ccccc4)NC(c4ccc(-c5ccccc5)cc4)=N2)ccc1C31CCCCC1. The lowest BCUT2D eigenvalue weighted by molar-refractivity contribution is 0.353. The Labute approximate surface area is 300 Å². The zero-order chi connectivity index (χ0) is 34.2. The van der Waals surface area contributed by atoms with Crippen molar-refractivity contribution in [2.45, 2.75) is 62.9 Å². The molecule has 0 bridgehead atoms. The third kappa shape index (κ3) is 4.71. The maximum absolute atomic E-state index is 5.31. The first-order chi connectivity index (χ1) is 25.0. The van der Waals surface area contributed by atoms with Crippen molar-refractivity contribution in [3.63, 3.8) is 0 Å². The molecular weight excluding hydrogens is 619 g/mol. The van der Waals surface area contributed by atoms with Crippen LogP contribution in [0.4, 0.5) is 0 Å². The number of aliphatic imine (C=N–C) groups is 2. The molecule has 6 aromatic rings. The minimum atomic E-state index is -0.364. The Morgan fingerprint density at radius 1 is 0.471 bits per heavy atom. The number of hydrogen-bond acceptors (Lipinski definition) is 3. The van der Waals surface area contributed by atoms with E-state index in [2.05, 4.69) is 159 Å². The lowest BCUT2D eigenvalue weighted by Crippen LogP contribution is -2.36. The summed E-state index contributed by atoms with van der Waals surface area (Å²) < 4.78 is 0. The molecule has 1 atom stereocenters. The van der Waals surface area contributed by atoms with Gasteiger partial charge in [-0.15, -0.1) is 0 Å². The second kappa shape index (κ2) is 11.5. The molecule has 1 heterocycles. The van der Waals surface area contributed by atoms with Crippen LogP contribution < -0.4 is 5.32 Å². The van der Waals surface area contributed by atoms with Crippen molar-refractivity contribution in [3.8, 4) is 33.4 Å². The van der Waals surface area contributed by atoms with Gasteiger partial charge in [-0.2, -0.15) is 0 Å². The molecular formula is C48H41N3. The summed E-state index contributed by atoms with van der Waals surface area (Å²) in [7, 11) is 0. The first kappa shape index (κ1) is 30.3. The van der Waals surface area contributed by atoms with Crippen LogP contribution >= 0.6 is 0 Å². The van der Waals surface area contributed by atoms with Crippen LogP contribution in [0.3, 0.4) is 0 Å². The zero-order valence-corrected chi connectivity index (χ0v) is 29.3. The van der Waals surface area contributed by atoms with Gasteiger partial charge in [0.1, 0.15) is 11.7 Å². The van der Waals surface area contributed by atoms with Crippen molar-refractivity contribution in [1.82, 2.24) is 5.32 Å². The molecule has 6 aromatic carbocycles. The molecule has 51 heavy (non-hydrogen) atoms. The fourth-order valence-corrected chi connectivity index (χ4v) is 9.51. The molecule has 0 aromatic heterocycles. The smallest absolute Gasteiger partial charge is 0.169 e. The summed E-state index contributed by atoms with van der Waals surface area (Å²) in [5.74, 6) is 1.69. The lowest BCUT2D eigenvalue weighted by atomic mass is 9.67. The van der Waals surface area contributed by atoms with E-state index in [4.69, 9.17) is 9.98 Å². The predicted octanol–water partition coefficient (Wildman–Crippen LogP) is 11.4. The van der Waals surface area contributed by atoms with Gasteiger partial charge in [0.25, 0.3) is 0 Å². The van der Waals surface area contributed by atoms with Crippen molar-refractivity contribution in [3.05, 3.63) is 178 Å².